The van der Waals surface area contributed by atoms with Crippen LogP contribution in [0.5, 0.6) is 0 Å². The van der Waals surface area contributed by atoms with Crippen molar-refractivity contribution in [3.05, 3.63) is 34.4 Å². The van der Waals surface area contributed by atoms with Crippen LogP contribution in [0, 0.1) is 32.6 Å². The summed E-state index contributed by atoms with van der Waals surface area (Å²) in [4.78, 5) is 0. The molecule has 0 aliphatic heterocycles. The largest absolute Gasteiger partial charge is 0.327 e. The van der Waals surface area contributed by atoms with E-state index in [0.717, 1.165) is 12.3 Å². The predicted molar refractivity (Wildman–Crippen MR) is 74.2 cm³/mol. The first-order valence-corrected chi connectivity index (χ1v) is 6.81. The molecule has 1 aromatic rings. The maximum atomic E-state index is 6.37. The monoisotopic (exact) mass is 231 g/mol. The van der Waals surface area contributed by atoms with E-state index < -0.39 is 0 Å². The van der Waals surface area contributed by atoms with Crippen LogP contribution in [0.3, 0.4) is 0 Å². The van der Waals surface area contributed by atoms with Gasteiger partial charge in [0.05, 0.1) is 0 Å². The van der Waals surface area contributed by atoms with Gasteiger partial charge < -0.3 is 5.73 Å². The van der Waals surface area contributed by atoms with E-state index in [-0.39, 0.29) is 0 Å². The van der Waals surface area contributed by atoms with E-state index in [2.05, 4.69) is 39.8 Å². The van der Waals surface area contributed by atoms with Crippen molar-refractivity contribution in [3.63, 3.8) is 0 Å². The van der Waals surface area contributed by atoms with Gasteiger partial charge in [0.1, 0.15) is 0 Å². The molecule has 0 aromatic heterocycles. The van der Waals surface area contributed by atoms with E-state index in [0.29, 0.717) is 12.0 Å². The van der Waals surface area contributed by atoms with E-state index in [4.69, 9.17) is 5.73 Å². The van der Waals surface area contributed by atoms with Gasteiger partial charge in [0.2, 0.25) is 0 Å². The van der Waals surface area contributed by atoms with Crippen LogP contribution in [0.1, 0.15) is 42.0 Å². The van der Waals surface area contributed by atoms with E-state index in [1.807, 2.05) is 0 Å². The van der Waals surface area contributed by atoms with Gasteiger partial charge in [0.15, 0.2) is 0 Å². The molecule has 0 saturated heterocycles. The first kappa shape index (κ1) is 12.6. The number of benzene rings is 1. The lowest BCUT2D eigenvalue weighted by molar-refractivity contribution is 0.403. The first-order valence-electron chi connectivity index (χ1n) is 6.81. The summed E-state index contributed by atoms with van der Waals surface area (Å²) >= 11 is 0. The average Bonchev–Trinajstić information content (AvgIpc) is 3.05. The van der Waals surface area contributed by atoms with E-state index in [9.17, 15) is 0 Å². The molecular weight excluding hydrogens is 206 g/mol. The van der Waals surface area contributed by atoms with Gasteiger partial charge in [-0.2, -0.15) is 0 Å². The Morgan fingerprint density at radius 2 is 1.71 bits per heavy atom. The fraction of sp³-hybridized carbons (Fsp3) is 0.625. The second-order valence-electron chi connectivity index (χ2n) is 5.94. The molecule has 1 aliphatic rings. The molecule has 2 atom stereocenters. The van der Waals surface area contributed by atoms with Crippen molar-refractivity contribution in [3.8, 4) is 0 Å². The number of aryl methyl sites for hydroxylation is 3. The van der Waals surface area contributed by atoms with Crippen molar-refractivity contribution >= 4 is 0 Å². The van der Waals surface area contributed by atoms with Crippen molar-refractivity contribution < 1.29 is 0 Å². The standard InChI is InChI=1S/C16H25N/c1-10-7-11(2)15(12(3)8-10)9-16(17)13(4)14-5-6-14/h7-8,13-14,16H,5-6,9,17H2,1-4H3. The van der Waals surface area contributed by atoms with Crippen LogP contribution in [0.25, 0.3) is 0 Å². The van der Waals surface area contributed by atoms with Gasteiger partial charge in [-0.25, -0.2) is 0 Å². The second kappa shape index (κ2) is 4.81. The third-order valence-electron chi connectivity index (χ3n) is 4.32. The summed E-state index contributed by atoms with van der Waals surface area (Å²) in [5.41, 5.74) is 12.0. The smallest absolute Gasteiger partial charge is 0.0108 e. The molecule has 0 heterocycles. The Morgan fingerprint density at radius 3 is 2.18 bits per heavy atom. The van der Waals surface area contributed by atoms with E-state index >= 15 is 0 Å². The van der Waals surface area contributed by atoms with Gasteiger partial charge >= 0.3 is 0 Å². The van der Waals surface area contributed by atoms with E-state index in [1.54, 1.807) is 0 Å². The normalized spacial score (nSPS) is 19.1. The highest BCUT2D eigenvalue weighted by Crippen LogP contribution is 2.38. The summed E-state index contributed by atoms with van der Waals surface area (Å²) in [5, 5.41) is 0. The third kappa shape index (κ3) is 2.90. The lowest BCUT2D eigenvalue weighted by Gasteiger charge is -2.22. The van der Waals surface area contributed by atoms with Crippen LogP contribution in [0.4, 0.5) is 0 Å². The molecule has 0 radical (unpaired) electrons. The molecule has 0 bridgehead atoms. The molecule has 17 heavy (non-hydrogen) atoms. The van der Waals surface area contributed by atoms with Crippen LogP contribution in [0.15, 0.2) is 12.1 Å². The maximum absolute atomic E-state index is 6.37. The van der Waals surface area contributed by atoms with Gasteiger partial charge in [0.25, 0.3) is 0 Å². The second-order valence-corrected chi connectivity index (χ2v) is 5.94. The molecule has 2 unspecified atom stereocenters. The fourth-order valence-electron chi connectivity index (χ4n) is 2.93. The predicted octanol–water partition coefficient (Wildman–Crippen LogP) is 3.53. The summed E-state index contributed by atoms with van der Waals surface area (Å²) < 4.78 is 0. The molecule has 2 N–H and O–H groups in total. The SMILES string of the molecule is Cc1cc(C)c(CC(N)C(C)C2CC2)c(C)c1. The molecule has 0 amide bonds. The molecule has 1 aromatic carbocycles. The Bertz CT molecular complexity index is 381. The highest BCUT2D eigenvalue weighted by molar-refractivity contribution is 5.38. The fourth-order valence-corrected chi connectivity index (χ4v) is 2.93. The van der Waals surface area contributed by atoms with E-state index in [1.165, 1.54) is 35.1 Å². The Labute approximate surface area is 105 Å². The van der Waals surface area contributed by atoms with Crippen molar-refractivity contribution in [1.29, 1.82) is 0 Å². The number of nitrogens with two attached hydrogens (primary N) is 1. The Hall–Kier alpha value is -0.820. The third-order valence-corrected chi connectivity index (χ3v) is 4.32. The van der Waals surface area contributed by atoms with Gasteiger partial charge in [-0.05, 0) is 68.6 Å². The lowest BCUT2D eigenvalue weighted by Crippen LogP contribution is -2.32. The number of rotatable bonds is 4. The van der Waals surface area contributed by atoms with Crippen LogP contribution in [-0.4, -0.2) is 6.04 Å². The van der Waals surface area contributed by atoms with Crippen molar-refractivity contribution in [1.82, 2.24) is 0 Å². The highest BCUT2D eigenvalue weighted by Gasteiger charge is 2.31. The summed E-state index contributed by atoms with van der Waals surface area (Å²) in [6.07, 6.45) is 3.82. The summed E-state index contributed by atoms with van der Waals surface area (Å²) in [7, 11) is 0. The zero-order valence-electron chi connectivity index (χ0n) is 11.6. The van der Waals surface area contributed by atoms with Gasteiger partial charge in [-0.3, -0.25) is 0 Å². The van der Waals surface area contributed by atoms with Crippen LogP contribution < -0.4 is 5.73 Å². The molecule has 1 saturated carbocycles. The van der Waals surface area contributed by atoms with Crippen LogP contribution in [-0.2, 0) is 6.42 Å². The van der Waals surface area contributed by atoms with Gasteiger partial charge in [0, 0.05) is 6.04 Å². The number of hydrogen-bond acceptors (Lipinski definition) is 1. The molecule has 1 fully saturated rings. The minimum atomic E-state index is 0.322. The molecule has 2 rings (SSSR count). The van der Waals surface area contributed by atoms with Crippen LogP contribution >= 0.6 is 0 Å². The quantitative estimate of drug-likeness (QED) is 0.843. The summed E-state index contributed by atoms with van der Waals surface area (Å²) in [5.74, 6) is 1.58. The summed E-state index contributed by atoms with van der Waals surface area (Å²) in [6, 6.07) is 4.87. The molecule has 1 aliphatic carbocycles. The van der Waals surface area contributed by atoms with Crippen LogP contribution in [0.2, 0.25) is 0 Å². The molecular formula is C16H25N. The summed E-state index contributed by atoms with van der Waals surface area (Å²) in [6.45, 7) is 8.91. The minimum Gasteiger partial charge on any atom is -0.327 e. The molecule has 0 spiro atoms. The maximum Gasteiger partial charge on any atom is 0.0108 e. The zero-order chi connectivity index (χ0) is 12.6. The van der Waals surface area contributed by atoms with Gasteiger partial charge in [-0.1, -0.05) is 24.6 Å². The highest BCUT2D eigenvalue weighted by atomic mass is 14.7. The first-order chi connectivity index (χ1) is 7.99. The molecule has 1 nitrogen and oxygen atoms in total. The van der Waals surface area contributed by atoms with Crippen molar-refractivity contribution in [2.75, 3.05) is 0 Å². The minimum absolute atomic E-state index is 0.322. The molecule has 94 valence electrons. The average molecular weight is 231 g/mol. The Balaban J connectivity index is 2.12. The topological polar surface area (TPSA) is 26.0 Å². The molecule has 1 heteroatoms. The Morgan fingerprint density at radius 1 is 1.18 bits per heavy atom. The lowest BCUT2D eigenvalue weighted by atomic mass is 9.88. The Kier molecular flexibility index (Phi) is 3.58. The van der Waals surface area contributed by atoms with Gasteiger partial charge in [-0.15, -0.1) is 0 Å². The zero-order valence-corrected chi connectivity index (χ0v) is 11.6. The number of hydrogen-bond donors (Lipinski definition) is 1. The van der Waals surface area contributed by atoms with Crippen molar-refractivity contribution in [2.45, 2.75) is 53.0 Å². The van der Waals surface area contributed by atoms with Crippen molar-refractivity contribution in [2.24, 2.45) is 17.6 Å².